The summed E-state index contributed by atoms with van der Waals surface area (Å²) in [6.07, 6.45) is 6.36. The molecule has 0 radical (unpaired) electrons. The molecule has 1 aliphatic carbocycles. The first-order valence-electron chi connectivity index (χ1n) is 8.14. The van der Waals surface area contributed by atoms with Gasteiger partial charge in [-0.15, -0.1) is 0 Å². The van der Waals surface area contributed by atoms with Gasteiger partial charge in [-0.1, -0.05) is 0 Å². The maximum absolute atomic E-state index is 12.7. The second kappa shape index (κ2) is 5.82. The van der Waals surface area contributed by atoms with Gasteiger partial charge in [-0.25, -0.2) is 18.1 Å². The third kappa shape index (κ3) is 2.78. The zero-order chi connectivity index (χ0) is 16.7. The Bertz CT molecular complexity index is 886. The van der Waals surface area contributed by atoms with E-state index in [1.165, 1.54) is 27.6 Å². The Balaban J connectivity index is 1.60. The van der Waals surface area contributed by atoms with Crippen molar-refractivity contribution in [3.8, 4) is 0 Å². The molecule has 24 heavy (non-hydrogen) atoms. The average molecular weight is 349 g/mol. The van der Waals surface area contributed by atoms with E-state index in [1.807, 2.05) is 0 Å². The van der Waals surface area contributed by atoms with Crippen LogP contribution in [-0.4, -0.2) is 45.1 Å². The molecular formula is C15H19N5O3S. The molecular weight excluding hydrogens is 330 g/mol. The number of aromatic nitrogens is 4. The number of nitrogens with one attached hydrogen (secondary N) is 1. The summed E-state index contributed by atoms with van der Waals surface area (Å²) >= 11 is 0. The van der Waals surface area contributed by atoms with E-state index in [4.69, 9.17) is 0 Å². The third-order valence-electron chi connectivity index (χ3n) is 4.65. The maximum atomic E-state index is 12.7. The van der Waals surface area contributed by atoms with Crippen LogP contribution in [-0.2, 0) is 16.6 Å². The lowest BCUT2D eigenvalue weighted by Crippen LogP contribution is -2.40. The predicted octanol–water partition coefficient (Wildman–Crippen LogP) is 0.697. The summed E-state index contributed by atoms with van der Waals surface area (Å²) in [6, 6.07) is 3.05. The van der Waals surface area contributed by atoms with Gasteiger partial charge in [-0.3, -0.25) is 4.79 Å². The molecule has 1 saturated carbocycles. The first-order valence-corrected chi connectivity index (χ1v) is 9.58. The second-order valence-corrected chi connectivity index (χ2v) is 8.24. The molecule has 2 aliphatic rings. The number of H-pyrrole nitrogens is 1. The highest BCUT2D eigenvalue weighted by atomic mass is 32.2. The summed E-state index contributed by atoms with van der Waals surface area (Å²) in [6.45, 7) is 0.732. The van der Waals surface area contributed by atoms with E-state index < -0.39 is 10.0 Å². The quantitative estimate of drug-likeness (QED) is 0.856. The largest absolute Gasteiger partial charge is 0.335 e. The zero-order valence-corrected chi connectivity index (χ0v) is 13.9. The fourth-order valence-corrected chi connectivity index (χ4v) is 4.79. The van der Waals surface area contributed by atoms with Crippen LogP contribution in [0.5, 0.6) is 0 Å². The van der Waals surface area contributed by atoms with Gasteiger partial charge in [0.2, 0.25) is 0 Å². The molecule has 1 aliphatic heterocycles. The van der Waals surface area contributed by atoms with E-state index in [0.717, 1.165) is 31.4 Å². The minimum absolute atomic E-state index is 0.0847. The summed E-state index contributed by atoms with van der Waals surface area (Å²) in [5.74, 6) is 0.449. The normalized spacial score (nSPS) is 22.1. The Morgan fingerprint density at radius 1 is 1.25 bits per heavy atom. The van der Waals surface area contributed by atoms with Gasteiger partial charge >= 0.3 is 0 Å². The Morgan fingerprint density at radius 2 is 2.08 bits per heavy atom. The molecule has 0 spiro atoms. The van der Waals surface area contributed by atoms with Crippen LogP contribution in [0.4, 0.5) is 0 Å². The van der Waals surface area contributed by atoms with Crippen LogP contribution in [0.3, 0.4) is 0 Å². The Hall–Kier alpha value is -2.00. The van der Waals surface area contributed by atoms with Crippen LogP contribution in [0.2, 0.25) is 0 Å². The smallest absolute Gasteiger partial charge is 0.266 e. The molecule has 0 amide bonds. The van der Waals surface area contributed by atoms with Crippen molar-refractivity contribution < 1.29 is 8.42 Å². The van der Waals surface area contributed by atoms with E-state index in [9.17, 15) is 13.2 Å². The number of imidazole rings is 1. The molecule has 9 heteroatoms. The predicted molar refractivity (Wildman–Crippen MR) is 86.0 cm³/mol. The number of rotatable bonds is 5. The van der Waals surface area contributed by atoms with Gasteiger partial charge in [0.05, 0.1) is 24.8 Å². The van der Waals surface area contributed by atoms with Crippen molar-refractivity contribution in [3.63, 3.8) is 0 Å². The SMILES string of the molecule is O=c1ccc(C2CC2)nn1CC1CCCN1S(=O)(=O)c1cnc[nH]1. The standard InChI is InChI=1S/C15H19N5O3S/c21-15-6-5-13(11-3-4-11)18-19(15)9-12-2-1-7-20(12)24(22,23)14-8-16-10-17-14/h5-6,8,10-12H,1-4,7,9H2,(H,16,17). The zero-order valence-electron chi connectivity index (χ0n) is 13.1. The molecule has 128 valence electrons. The summed E-state index contributed by atoms with van der Waals surface area (Å²) < 4.78 is 28.3. The first kappa shape index (κ1) is 15.5. The molecule has 4 rings (SSSR count). The monoisotopic (exact) mass is 349 g/mol. The van der Waals surface area contributed by atoms with Crippen molar-refractivity contribution in [3.05, 3.63) is 40.7 Å². The molecule has 8 nitrogen and oxygen atoms in total. The molecule has 1 N–H and O–H groups in total. The highest BCUT2D eigenvalue weighted by molar-refractivity contribution is 7.89. The van der Waals surface area contributed by atoms with Crippen LogP contribution in [0.15, 0.2) is 34.5 Å². The lowest BCUT2D eigenvalue weighted by atomic mass is 10.2. The van der Waals surface area contributed by atoms with Crippen molar-refractivity contribution in [1.82, 2.24) is 24.1 Å². The van der Waals surface area contributed by atoms with Crippen LogP contribution in [0.25, 0.3) is 0 Å². The van der Waals surface area contributed by atoms with Gasteiger partial charge in [0, 0.05) is 24.6 Å². The maximum Gasteiger partial charge on any atom is 0.266 e. The molecule has 0 bridgehead atoms. The highest BCUT2D eigenvalue weighted by Gasteiger charge is 2.36. The molecule has 0 aromatic carbocycles. The number of hydrogen-bond acceptors (Lipinski definition) is 5. The van der Waals surface area contributed by atoms with Crippen molar-refractivity contribution in [2.75, 3.05) is 6.54 Å². The van der Waals surface area contributed by atoms with E-state index in [2.05, 4.69) is 15.1 Å². The molecule has 3 heterocycles. The molecule has 2 aromatic heterocycles. The molecule has 1 atom stereocenters. The van der Waals surface area contributed by atoms with Crippen LogP contribution < -0.4 is 5.56 Å². The van der Waals surface area contributed by atoms with Crippen LogP contribution in [0.1, 0.15) is 37.3 Å². The van der Waals surface area contributed by atoms with Gasteiger partial charge in [-0.05, 0) is 31.7 Å². The number of sulfonamides is 1. The van der Waals surface area contributed by atoms with Crippen molar-refractivity contribution >= 4 is 10.0 Å². The van der Waals surface area contributed by atoms with E-state index in [-0.39, 0.29) is 23.2 Å². The minimum atomic E-state index is -3.62. The number of hydrogen-bond donors (Lipinski definition) is 1. The first-order chi connectivity index (χ1) is 11.6. The lowest BCUT2D eigenvalue weighted by molar-refractivity contribution is 0.333. The molecule has 1 saturated heterocycles. The van der Waals surface area contributed by atoms with Crippen molar-refractivity contribution in [2.45, 2.75) is 49.2 Å². The van der Waals surface area contributed by atoms with Crippen LogP contribution >= 0.6 is 0 Å². The second-order valence-electron chi connectivity index (χ2n) is 6.38. The average Bonchev–Trinajstić information content (AvgIpc) is 3.06. The topological polar surface area (TPSA) is 101 Å². The van der Waals surface area contributed by atoms with Crippen molar-refractivity contribution in [2.24, 2.45) is 0 Å². The summed E-state index contributed by atoms with van der Waals surface area (Å²) in [7, 11) is -3.62. The number of nitrogens with zero attached hydrogens (tertiary/aromatic N) is 4. The van der Waals surface area contributed by atoms with E-state index in [1.54, 1.807) is 6.07 Å². The van der Waals surface area contributed by atoms with E-state index >= 15 is 0 Å². The molecule has 1 unspecified atom stereocenters. The van der Waals surface area contributed by atoms with Crippen molar-refractivity contribution in [1.29, 1.82) is 0 Å². The van der Waals surface area contributed by atoms with E-state index in [0.29, 0.717) is 12.5 Å². The van der Waals surface area contributed by atoms with Gasteiger partial charge in [0.15, 0.2) is 5.03 Å². The minimum Gasteiger partial charge on any atom is -0.335 e. The highest BCUT2D eigenvalue weighted by Crippen LogP contribution is 2.38. The fourth-order valence-electron chi connectivity index (χ4n) is 3.21. The fraction of sp³-hybridized carbons (Fsp3) is 0.533. The lowest BCUT2D eigenvalue weighted by Gasteiger charge is -2.23. The third-order valence-corrected chi connectivity index (χ3v) is 6.53. The van der Waals surface area contributed by atoms with Gasteiger partial charge < -0.3 is 4.98 Å². The summed E-state index contributed by atoms with van der Waals surface area (Å²) in [5.41, 5.74) is 0.737. The molecule has 2 fully saturated rings. The summed E-state index contributed by atoms with van der Waals surface area (Å²) in [4.78, 5) is 18.6. The molecule has 2 aromatic rings. The number of aromatic amines is 1. The van der Waals surface area contributed by atoms with Gasteiger partial charge in [0.25, 0.3) is 15.6 Å². The van der Waals surface area contributed by atoms with Gasteiger partial charge in [0.1, 0.15) is 0 Å². The summed E-state index contributed by atoms with van der Waals surface area (Å²) in [5, 5.41) is 4.52. The van der Waals surface area contributed by atoms with Gasteiger partial charge in [-0.2, -0.15) is 9.40 Å². The van der Waals surface area contributed by atoms with Crippen LogP contribution in [0, 0.1) is 0 Å². The Kier molecular flexibility index (Phi) is 3.76. The Labute approximate surface area is 139 Å². The Morgan fingerprint density at radius 3 is 2.79 bits per heavy atom.